The fourth-order valence-corrected chi connectivity index (χ4v) is 3.29. The maximum Gasteiger partial charge on any atom is 0.263 e. The zero-order valence-corrected chi connectivity index (χ0v) is 16.8. The molecule has 0 aliphatic carbocycles. The average Bonchev–Trinajstić information content (AvgIpc) is 3.09. The average molecular weight is 379 g/mol. The number of H-pyrrole nitrogens is 1. The van der Waals surface area contributed by atoms with E-state index in [1.54, 1.807) is 18.2 Å². The van der Waals surface area contributed by atoms with Gasteiger partial charge in [0.15, 0.2) is 0 Å². The van der Waals surface area contributed by atoms with Gasteiger partial charge in [0.2, 0.25) is 0 Å². The number of nitrogens with zero attached hydrogens (tertiary/aromatic N) is 1. The number of aryl methyl sites for hydroxylation is 3. The number of carbonyl (C=O) groups is 1. The minimum absolute atomic E-state index is 0.309. The van der Waals surface area contributed by atoms with E-state index < -0.39 is 0 Å². The number of anilines is 1. The SMILES string of the molecule is CCc1[nH]nc(-c2ccc(C)cc2C)c1NC(=O)c1c(OC)cccc1OC. The predicted molar refractivity (Wildman–Crippen MR) is 110 cm³/mol. The molecule has 1 heterocycles. The van der Waals surface area contributed by atoms with Crippen molar-refractivity contribution in [3.63, 3.8) is 0 Å². The fraction of sp³-hybridized carbons (Fsp3) is 0.273. The highest BCUT2D eigenvalue weighted by molar-refractivity contribution is 6.10. The van der Waals surface area contributed by atoms with E-state index in [0.717, 1.165) is 22.5 Å². The Kier molecular flexibility index (Phi) is 5.68. The number of hydrogen-bond donors (Lipinski definition) is 2. The van der Waals surface area contributed by atoms with Gasteiger partial charge >= 0.3 is 0 Å². The number of methoxy groups -OCH3 is 2. The van der Waals surface area contributed by atoms with E-state index in [1.165, 1.54) is 19.8 Å². The first-order valence-corrected chi connectivity index (χ1v) is 9.17. The zero-order valence-electron chi connectivity index (χ0n) is 16.8. The minimum Gasteiger partial charge on any atom is -0.496 e. The normalized spacial score (nSPS) is 10.6. The summed E-state index contributed by atoms with van der Waals surface area (Å²) in [6, 6.07) is 11.4. The van der Waals surface area contributed by atoms with Crippen LogP contribution in [0.1, 0.15) is 34.1 Å². The van der Waals surface area contributed by atoms with Gasteiger partial charge in [-0.25, -0.2) is 0 Å². The summed E-state index contributed by atoms with van der Waals surface area (Å²) in [6.45, 7) is 6.10. The lowest BCUT2D eigenvalue weighted by Crippen LogP contribution is -2.15. The Balaban J connectivity index is 2.06. The number of carbonyl (C=O) groups excluding carboxylic acids is 1. The summed E-state index contributed by atoms with van der Waals surface area (Å²) in [6.07, 6.45) is 0.705. The van der Waals surface area contributed by atoms with Crippen LogP contribution in [-0.4, -0.2) is 30.3 Å². The molecule has 0 radical (unpaired) electrons. The molecule has 0 unspecified atom stereocenters. The highest BCUT2D eigenvalue weighted by atomic mass is 16.5. The lowest BCUT2D eigenvalue weighted by molar-refractivity contribution is 0.102. The van der Waals surface area contributed by atoms with E-state index in [1.807, 2.05) is 26.0 Å². The fourth-order valence-electron chi connectivity index (χ4n) is 3.29. The lowest BCUT2D eigenvalue weighted by atomic mass is 10.0. The maximum absolute atomic E-state index is 13.1. The van der Waals surface area contributed by atoms with Gasteiger partial charge in [-0.05, 0) is 38.0 Å². The summed E-state index contributed by atoms with van der Waals surface area (Å²) in [4.78, 5) is 13.1. The van der Waals surface area contributed by atoms with Crippen molar-refractivity contribution in [3.05, 3.63) is 58.8 Å². The standard InChI is InChI=1S/C22H25N3O3/c1-6-16-21(20(25-24-16)15-11-10-13(2)12-14(15)3)23-22(26)19-17(27-4)8-7-9-18(19)28-5/h7-12H,6H2,1-5H3,(H,23,26)(H,24,25). The smallest absolute Gasteiger partial charge is 0.263 e. The number of amides is 1. The molecule has 6 heteroatoms. The van der Waals surface area contributed by atoms with Gasteiger partial charge in [0, 0.05) is 5.56 Å². The van der Waals surface area contributed by atoms with Crippen molar-refractivity contribution in [1.82, 2.24) is 10.2 Å². The second-order valence-corrected chi connectivity index (χ2v) is 6.59. The van der Waals surface area contributed by atoms with Gasteiger partial charge in [-0.1, -0.05) is 36.8 Å². The first kappa shape index (κ1) is 19.5. The number of hydrogen-bond acceptors (Lipinski definition) is 4. The molecule has 0 spiro atoms. The quantitative estimate of drug-likeness (QED) is 0.660. The molecule has 2 aromatic carbocycles. The van der Waals surface area contributed by atoms with Gasteiger partial charge in [-0.15, -0.1) is 0 Å². The molecule has 0 bridgehead atoms. The molecule has 1 amide bonds. The van der Waals surface area contributed by atoms with Gasteiger partial charge in [-0.2, -0.15) is 5.10 Å². The van der Waals surface area contributed by atoms with E-state index in [4.69, 9.17) is 9.47 Å². The molecule has 0 aliphatic heterocycles. The highest BCUT2D eigenvalue weighted by Crippen LogP contribution is 2.34. The Bertz CT molecular complexity index is 986. The lowest BCUT2D eigenvalue weighted by Gasteiger charge is -2.14. The van der Waals surface area contributed by atoms with Crippen molar-refractivity contribution in [3.8, 4) is 22.8 Å². The number of aromatic amines is 1. The number of benzene rings is 2. The Hall–Kier alpha value is -3.28. The van der Waals surface area contributed by atoms with Crippen molar-refractivity contribution in [2.75, 3.05) is 19.5 Å². The summed E-state index contributed by atoms with van der Waals surface area (Å²) < 4.78 is 10.7. The van der Waals surface area contributed by atoms with Crippen molar-refractivity contribution < 1.29 is 14.3 Å². The van der Waals surface area contributed by atoms with Crippen molar-refractivity contribution in [2.45, 2.75) is 27.2 Å². The highest BCUT2D eigenvalue weighted by Gasteiger charge is 2.23. The van der Waals surface area contributed by atoms with Crippen LogP contribution in [0.4, 0.5) is 5.69 Å². The van der Waals surface area contributed by atoms with Crippen LogP contribution in [0, 0.1) is 13.8 Å². The number of ether oxygens (including phenoxy) is 2. The second-order valence-electron chi connectivity index (χ2n) is 6.59. The predicted octanol–water partition coefficient (Wildman–Crippen LogP) is 4.53. The minimum atomic E-state index is -0.309. The van der Waals surface area contributed by atoms with Gasteiger partial charge < -0.3 is 14.8 Å². The molecule has 0 saturated heterocycles. The topological polar surface area (TPSA) is 76.2 Å². The molecule has 3 aromatic rings. The molecule has 1 aromatic heterocycles. The van der Waals surface area contributed by atoms with Gasteiger partial charge in [-0.3, -0.25) is 9.89 Å². The van der Waals surface area contributed by atoms with Gasteiger partial charge in [0.05, 0.1) is 25.6 Å². The van der Waals surface area contributed by atoms with Crippen molar-refractivity contribution in [2.24, 2.45) is 0 Å². The molecule has 0 atom stereocenters. The van der Waals surface area contributed by atoms with Crippen LogP contribution >= 0.6 is 0 Å². The molecule has 0 fully saturated rings. The molecule has 0 aliphatic rings. The number of nitrogens with one attached hydrogen (secondary N) is 2. The van der Waals surface area contributed by atoms with E-state index in [0.29, 0.717) is 29.2 Å². The number of aromatic nitrogens is 2. The van der Waals surface area contributed by atoms with Crippen LogP contribution in [0.2, 0.25) is 0 Å². The summed E-state index contributed by atoms with van der Waals surface area (Å²) >= 11 is 0. The molecule has 2 N–H and O–H groups in total. The third-order valence-electron chi connectivity index (χ3n) is 4.73. The summed E-state index contributed by atoms with van der Waals surface area (Å²) in [5.41, 5.74) is 5.85. The van der Waals surface area contributed by atoms with E-state index in [-0.39, 0.29) is 5.91 Å². The molecule has 6 nitrogen and oxygen atoms in total. The Morgan fingerprint density at radius 3 is 2.36 bits per heavy atom. The third-order valence-corrected chi connectivity index (χ3v) is 4.73. The summed E-state index contributed by atoms with van der Waals surface area (Å²) in [5, 5.41) is 10.6. The maximum atomic E-state index is 13.1. The first-order chi connectivity index (χ1) is 13.5. The Morgan fingerprint density at radius 2 is 1.79 bits per heavy atom. The van der Waals surface area contributed by atoms with Gasteiger partial charge in [0.1, 0.15) is 22.8 Å². The first-order valence-electron chi connectivity index (χ1n) is 9.17. The Labute approximate surface area is 164 Å². The number of rotatable bonds is 6. The van der Waals surface area contributed by atoms with Crippen molar-refractivity contribution >= 4 is 11.6 Å². The second kappa shape index (κ2) is 8.17. The van der Waals surface area contributed by atoms with Crippen LogP contribution in [0.5, 0.6) is 11.5 Å². The molecule has 0 saturated carbocycles. The molecule has 3 rings (SSSR count). The molecule has 146 valence electrons. The molecular formula is C22H25N3O3. The van der Waals surface area contributed by atoms with Crippen LogP contribution in [0.3, 0.4) is 0 Å². The third kappa shape index (κ3) is 3.58. The summed E-state index contributed by atoms with van der Waals surface area (Å²) in [7, 11) is 3.06. The van der Waals surface area contributed by atoms with E-state index in [9.17, 15) is 4.79 Å². The molecular weight excluding hydrogens is 354 g/mol. The zero-order chi connectivity index (χ0) is 20.3. The van der Waals surface area contributed by atoms with E-state index in [2.05, 4.69) is 28.5 Å². The van der Waals surface area contributed by atoms with Crippen LogP contribution in [0.25, 0.3) is 11.3 Å². The Morgan fingerprint density at radius 1 is 1.11 bits per heavy atom. The van der Waals surface area contributed by atoms with Crippen LogP contribution < -0.4 is 14.8 Å². The summed E-state index contributed by atoms with van der Waals surface area (Å²) in [5.74, 6) is 0.592. The largest absolute Gasteiger partial charge is 0.496 e. The monoisotopic (exact) mass is 379 g/mol. The van der Waals surface area contributed by atoms with Gasteiger partial charge in [0.25, 0.3) is 5.91 Å². The van der Waals surface area contributed by atoms with Crippen molar-refractivity contribution in [1.29, 1.82) is 0 Å². The van der Waals surface area contributed by atoms with Crippen LogP contribution in [0.15, 0.2) is 36.4 Å². The van der Waals surface area contributed by atoms with Crippen LogP contribution in [-0.2, 0) is 6.42 Å². The molecule has 28 heavy (non-hydrogen) atoms. The van der Waals surface area contributed by atoms with E-state index >= 15 is 0 Å².